The Morgan fingerprint density at radius 3 is 2.56 bits per heavy atom. The van der Waals surface area contributed by atoms with Gasteiger partial charge in [0.2, 0.25) is 0 Å². The molecule has 18 heavy (non-hydrogen) atoms. The van der Waals surface area contributed by atoms with Crippen molar-refractivity contribution >= 4 is 0 Å². The Hall–Kier alpha value is -0.900. The molecule has 0 bridgehead atoms. The molecular formula is C14H24N4. The van der Waals surface area contributed by atoms with Crippen molar-refractivity contribution in [2.45, 2.75) is 69.9 Å². The summed E-state index contributed by atoms with van der Waals surface area (Å²) in [5, 5.41) is 8.49. The van der Waals surface area contributed by atoms with E-state index in [1.54, 1.807) is 0 Å². The third-order valence-corrected chi connectivity index (χ3v) is 4.73. The highest BCUT2D eigenvalue weighted by atomic mass is 15.3. The van der Waals surface area contributed by atoms with Gasteiger partial charge in [-0.25, -0.2) is 0 Å². The number of hydrogen-bond acceptors (Lipinski definition) is 3. The molecule has 0 aromatic carbocycles. The lowest BCUT2D eigenvalue weighted by Crippen LogP contribution is -2.27. The van der Waals surface area contributed by atoms with Gasteiger partial charge in [0.15, 0.2) is 0 Å². The fourth-order valence-corrected chi connectivity index (χ4v) is 3.55. The molecule has 1 aromatic heterocycles. The van der Waals surface area contributed by atoms with Gasteiger partial charge in [-0.2, -0.15) is 0 Å². The number of nitrogens with two attached hydrogens (primary N) is 1. The summed E-state index contributed by atoms with van der Waals surface area (Å²) in [6.07, 6.45) is 13.3. The van der Waals surface area contributed by atoms with E-state index in [9.17, 15) is 0 Å². The van der Waals surface area contributed by atoms with E-state index in [4.69, 9.17) is 5.73 Å². The molecule has 2 aliphatic carbocycles. The van der Waals surface area contributed by atoms with E-state index in [1.165, 1.54) is 57.2 Å². The maximum absolute atomic E-state index is 5.97. The second kappa shape index (κ2) is 5.39. The van der Waals surface area contributed by atoms with Gasteiger partial charge in [-0.05, 0) is 44.4 Å². The second-order valence-electron chi connectivity index (χ2n) is 6.08. The lowest BCUT2D eigenvalue weighted by molar-refractivity contribution is 0.315. The van der Waals surface area contributed by atoms with Crippen LogP contribution in [0.1, 0.15) is 63.2 Å². The molecule has 4 heteroatoms. The Morgan fingerprint density at radius 1 is 1.11 bits per heavy atom. The molecule has 1 aromatic rings. The first-order valence-corrected chi connectivity index (χ1v) is 7.47. The van der Waals surface area contributed by atoms with Crippen LogP contribution in [0.3, 0.4) is 0 Å². The Morgan fingerprint density at radius 2 is 1.83 bits per heavy atom. The predicted molar refractivity (Wildman–Crippen MR) is 71.2 cm³/mol. The quantitative estimate of drug-likeness (QED) is 0.894. The van der Waals surface area contributed by atoms with Crippen LogP contribution in [0.5, 0.6) is 0 Å². The smallest absolute Gasteiger partial charge is 0.133 e. The number of nitrogens with zero attached hydrogens (tertiary/aromatic N) is 3. The summed E-state index contributed by atoms with van der Waals surface area (Å²) in [6.45, 7) is 0. The van der Waals surface area contributed by atoms with Gasteiger partial charge in [-0.1, -0.05) is 12.8 Å². The van der Waals surface area contributed by atoms with Crippen molar-refractivity contribution in [1.29, 1.82) is 0 Å². The van der Waals surface area contributed by atoms with Crippen LogP contribution in [0.15, 0.2) is 6.33 Å². The van der Waals surface area contributed by atoms with Crippen LogP contribution in [0.4, 0.5) is 0 Å². The highest BCUT2D eigenvalue weighted by molar-refractivity contribution is 4.94. The molecule has 0 amide bonds. The Kier molecular flexibility index (Phi) is 3.64. The standard InChI is InChI=1S/C14H24N4/c15-12-7-5-11(6-8-12)9-14-17-16-10-18(14)13-3-1-2-4-13/h10-13H,1-9,15H2. The van der Waals surface area contributed by atoms with E-state index in [-0.39, 0.29) is 0 Å². The third kappa shape index (κ3) is 2.58. The Labute approximate surface area is 109 Å². The molecule has 0 radical (unpaired) electrons. The van der Waals surface area contributed by atoms with Crippen LogP contribution in [0.25, 0.3) is 0 Å². The van der Waals surface area contributed by atoms with Gasteiger partial charge >= 0.3 is 0 Å². The zero-order valence-corrected chi connectivity index (χ0v) is 11.1. The molecule has 3 rings (SSSR count). The van der Waals surface area contributed by atoms with Crippen molar-refractivity contribution in [1.82, 2.24) is 14.8 Å². The summed E-state index contributed by atoms with van der Waals surface area (Å²) in [4.78, 5) is 0. The van der Waals surface area contributed by atoms with E-state index in [0.29, 0.717) is 12.1 Å². The molecule has 2 fully saturated rings. The second-order valence-corrected chi connectivity index (χ2v) is 6.08. The van der Waals surface area contributed by atoms with E-state index in [0.717, 1.165) is 12.3 Å². The fraction of sp³-hybridized carbons (Fsp3) is 0.857. The highest BCUT2D eigenvalue weighted by Crippen LogP contribution is 2.32. The first-order valence-electron chi connectivity index (χ1n) is 7.47. The summed E-state index contributed by atoms with van der Waals surface area (Å²) >= 11 is 0. The maximum Gasteiger partial charge on any atom is 0.133 e. The van der Waals surface area contributed by atoms with Gasteiger partial charge in [0, 0.05) is 18.5 Å². The number of rotatable bonds is 3. The summed E-state index contributed by atoms with van der Waals surface area (Å²) in [5.41, 5.74) is 5.97. The van der Waals surface area contributed by atoms with Gasteiger partial charge < -0.3 is 10.3 Å². The summed E-state index contributed by atoms with van der Waals surface area (Å²) in [7, 11) is 0. The highest BCUT2D eigenvalue weighted by Gasteiger charge is 2.24. The van der Waals surface area contributed by atoms with Crippen molar-refractivity contribution in [2.24, 2.45) is 11.7 Å². The summed E-state index contributed by atoms with van der Waals surface area (Å²) in [6, 6.07) is 1.11. The van der Waals surface area contributed by atoms with E-state index >= 15 is 0 Å². The maximum atomic E-state index is 5.97. The van der Waals surface area contributed by atoms with Crippen LogP contribution >= 0.6 is 0 Å². The summed E-state index contributed by atoms with van der Waals surface area (Å²) in [5.74, 6) is 1.98. The van der Waals surface area contributed by atoms with Crippen molar-refractivity contribution in [3.05, 3.63) is 12.2 Å². The van der Waals surface area contributed by atoms with Crippen LogP contribution in [-0.4, -0.2) is 20.8 Å². The third-order valence-electron chi connectivity index (χ3n) is 4.73. The monoisotopic (exact) mass is 248 g/mol. The van der Waals surface area contributed by atoms with E-state index in [2.05, 4.69) is 14.8 Å². The molecular weight excluding hydrogens is 224 g/mol. The van der Waals surface area contributed by atoms with Gasteiger partial charge in [0.1, 0.15) is 12.2 Å². The minimum atomic E-state index is 0.439. The van der Waals surface area contributed by atoms with E-state index in [1.807, 2.05) is 6.33 Å². The van der Waals surface area contributed by atoms with Crippen molar-refractivity contribution in [2.75, 3.05) is 0 Å². The molecule has 1 heterocycles. The van der Waals surface area contributed by atoms with Crippen molar-refractivity contribution < 1.29 is 0 Å². The van der Waals surface area contributed by atoms with Gasteiger partial charge in [0.25, 0.3) is 0 Å². The van der Waals surface area contributed by atoms with E-state index < -0.39 is 0 Å². The molecule has 0 atom stereocenters. The lowest BCUT2D eigenvalue weighted by atomic mass is 9.84. The molecule has 2 N–H and O–H groups in total. The number of aromatic nitrogens is 3. The van der Waals surface area contributed by atoms with Gasteiger partial charge in [-0.3, -0.25) is 0 Å². The van der Waals surface area contributed by atoms with Crippen LogP contribution in [-0.2, 0) is 6.42 Å². The van der Waals surface area contributed by atoms with Crippen LogP contribution < -0.4 is 5.73 Å². The average Bonchev–Trinajstić information content (AvgIpc) is 3.02. The largest absolute Gasteiger partial charge is 0.328 e. The molecule has 0 spiro atoms. The van der Waals surface area contributed by atoms with Gasteiger partial charge in [-0.15, -0.1) is 10.2 Å². The van der Waals surface area contributed by atoms with Crippen molar-refractivity contribution in [3.63, 3.8) is 0 Å². The first kappa shape index (κ1) is 12.2. The minimum absolute atomic E-state index is 0.439. The Bertz CT molecular complexity index is 373. The fourth-order valence-electron chi connectivity index (χ4n) is 3.55. The molecule has 4 nitrogen and oxygen atoms in total. The zero-order chi connectivity index (χ0) is 12.4. The lowest BCUT2D eigenvalue weighted by Gasteiger charge is -2.26. The zero-order valence-electron chi connectivity index (χ0n) is 11.1. The summed E-state index contributed by atoms with van der Waals surface area (Å²) < 4.78 is 2.35. The number of hydrogen-bond donors (Lipinski definition) is 1. The topological polar surface area (TPSA) is 56.7 Å². The minimum Gasteiger partial charge on any atom is -0.328 e. The molecule has 0 unspecified atom stereocenters. The molecule has 2 saturated carbocycles. The molecule has 0 aliphatic heterocycles. The van der Waals surface area contributed by atoms with Gasteiger partial charge in [0.05, 0.1) is 0 Å². The molecule has 100 valence electrons. The molecule has 2 aliphatic rings. The normalized spacial score (nSPS) is 29.8. The molecule has 0 saturated heterocycles. The first-order chi connectivity index (χ1) is 8.83. The van der Waals surface area contributed by atoms with Crippen molar-refractivity contribution in [3.8, 4) is 0 Å². The van der Waals surface area contributed by atoms with Crippen LogP contribution in [0, 0.1) is 5.92 Å². The Balaban J connectivity index is 1.64. The van der Waals surface area contributed by atoms with Crippen LogP contribution in [0.2, 0.25) is 0 Å². The average molecular weight is 248 g/mol. The predicted octanol–water partition coefficient (Wildman–Crippen LogP) is 2.45. The SMILES string of the molecule is NC1CCC(Cc2nncn2C2CCCC2)CC1.